The summed E-state index contributed by atoms with van der Waals surface area (Å²) in [6.45, 7) is 5.34. The molecule has 0 amide bonds. The standard InChI is InChI=1S/C11H17N3O4/c1-7(2)18-13-8(3)9-5-14(6-17-4)11(16)12-10(9)15/h5,7H,6H2,1-4H3,(H,12,15,16). The first-order valence-electron chi connectivity index (χ1n) is 5.49. The molecule has 7 nitrogen and oxygen atoms in total. The molecule has 0 aromatic carbocycles. The Bertz CT molecular complexity index is 542. The van der Waals surface area contributed by atoms with E-state index in [9.17, 15) is 9.59 Å². The minimum atomic E-state index is -0.525. The fourth-order valence-electron chi connectivity index (χ4n) is 1.24. The summed E-state index contributed by atoms with van der Waals surface area (Å²) in [4.78, 5) is 30.3. The Labute approximate surface area is 104 Å². The molecular formula is C11H17N3O4. The molecule has 1 aromatic heterocycles. The summed E-state index contributed by atoms with van der Waals surface area (Å²) in [5.41, 5.74) is -0.355. The molecule has 0 saturated heterocycles. The summed E-state index contributed by atoms with van der Waals surface area (Å²) in [6, 6.07) is 0. The Morgan fingerprint density at radius 2 is 2.17 bits per heavy atom. The van der Waals surface area contributed by atoms with E-state index in [1.165, 1.54) is 17.9 Å². The molecule has 1 rings (SSSR count). The molecule has 1 aromatic rings. The highest BCUT2D eigenvalue weighted by atomic mass is 16.6. The number of methoxy groups -OCH3 is 1. The number of hydrogen-bond donors (Lipinski definition) is 1. The number of rotatable bonds is 5. The van der Waals surface area contributed by atoms with Crippen LogP contribution in [0.4, 0.5) is 0 Å². The van der Waals surface area contributed by atoms with Crippen molar-refractivity contribution in [2.24, 2.45) is 5.16 Å². The number of hydrogen-bond acceptors (Lipinski definition) is 5. The molecule has 0 bridgehead atoms. The fraction of sp³-hybridized carbons (Fsp3) is 0.545. The zero-order valence-corrected chi connectivity index (χ0v) is 10.9. The lowest BCUT2D eigenvalue weighted by Crippen LogP contribution is -2.33. The molecular weight excluding hydrogens is 238 g/mol. The summed E-state index contributed by atoms with van der Waals surface area (Å²) >= 11 is 0. The highest BCUT2D eigenvalue weighted by molar-refractivity contribution is 5.97. The molecule has 1 heterocycles. The molecule has 0 aliphatic carbocycles. The van der Waals surface area contributed by atoms with Gasteiger partial charge in [0.15, 0.2) is 0 Å². The van der Waals surface area contributed by atoms with E-state index in [-0.39, 0.29) is 18.4 Å². The Hall–Kier alpha value is -1.89. The monoisotopic (exact) mass is 255 g/mol. The predicted molar refractivity (Wildman–Crippen MR) is 66.8 cm³/mol. The highest BCUT2D eigenvalue weighted by Crippen LogP contribution is 1.96. The minimum Gasteiger partial charge on any atom is -0.393 e. The lowest BCUT2D eigenvalue weighted by Gasteiger charge is -2.07. The van der Waals surface area contributed by atoms with Gasteiger partial charge in [0.25, 0.3) is 5.56 Å². The van der Waals surface area contributed by atoms with E-state index in [0.29, 0.717) is 5.71 Å². The molecule has 0 aliphatic heterocycles. The van der Waals surface area contributed by atoms with Gasteiger partial charge in [-0.05, 0) is 20.8 Å². The van der Waals surface area contributed by atoms with Gasteiger partial charge in [0, 0.05) is 13.3 Å². The summed E-state index contributed by atoms with van der Waals surface area (Å²) < 4.78 is 6.09. The Kier molecular flexibility index (Phi) is 4.85. The van der Waals surface area contributed by atoms with Crippen LogP contribution in [0.3, 0.4) is 0 Å². The van der Waals surface area contributed by atoms with Crippen LogP contribution >= 0.6 is 0 Å². The topological polar surface area (TPSA) is 85.7 Å². The average Bonchev–Trinajstić information content (AvgIpc) is 2.29. The third kappa shape index (κ3) is 3.56. The van der Waals surface area contributed by atoms with E-state index < -0.39 is 11.2 Å². The van der Waals surface area contributed by atoms with Crippen molar-refractivity contribution in [2.45, 2.75) is 33.6 Å². The lowest BCUT2D eigenvalue weighted by molar-refractivity contribution is 0.0859. The molecule has 0 unspecified atom stereocenters. The second-order valence-electron chi connectivity index (χ2n) is 4.02. The molecule has 0 radical (unpaired) electrons. The molecule has 0 spiro atoms. The number of aromatic nitrogens is 2. The maximum Gasteiger partial charge on any atom is 0.330 e. The summed E-state index contributed by atoms with van der Waals surface area (Å²) in [5, 5.41) is 3.83. The number of H-pyrrole nitrogens is 1. The summed E-state index contributed by atoms with van der Waals surface area (Å²) in [5.74, 6) is 0. The van der Waals surface area contributed by atoms with Gasteiger partial charge < -0.3 is 9.57 Å². The number of nitrogens with one attached hydrogen (secondary N) is 1. The quantitative estimate of drug-likeness (QED) is 0.605. The molecule has 0 atom stereocenters. The first-order valence-corrected chi connectivity index (χ1v) is 5.49. The van der Waals surface area contributed by atoms with Gasteiger partial charge in [-0.15, -0.1) is 0 Å². The van der Waals surface area contributed by atoms with Crippen LogP contribution in [0.25, 0.3) is 0 Å². The van der Waals surface area contributed by atoms with Gasteiger partial charge >= 0.3 is 5.69 Å². The van der Waals surface area contributed by atoms with Gasteiger partial charge in [-0.2, -0.15) is 0 Å². The first kappa shape index (κ1) is 14.2. The average molecular weight is 255 g/mol. The third-order valence-corrected chi connectivity index (χ3v) is 2.07. The number of ether oxygens (including phenoxy) is 1. The number of oxime groups is 1. The van der Waals surface area contributed by atoms with E-state index in [1.54, 1.807) is 6.92 Å². The largest absolute Gasteiger partial charge is 0.393 e. The van der Waals surface area contributed by atoms with Crippen LogP contribution in [0.5, 0.6) is 0 Å². The van der Waals surface area contributed by atoms with Crippen molar-refractivity contribution in [3.8, 4) is 0 Å². The van der Waals surface area contributed by atoms with Crippen LogP contribution < -0.4 is 11.2 Å². The second kappa shape index (κ2) is 6.15. The molecule has 1 N–H and O–H groups in total. The third-order valence-electron chi connectivity index (χ3n) is 2.07. The van der Waals surface area contributed by atoms with Crippen LogP contribution in [0.2, 0.25) is 0 Å². The van der Waals surface area contributed by atoms with Crippen molar-refractivity contribution in [3.63, 3.8) is 0 Å². The van der Waals surface area contributed by atoms with Crippen molar-refractivity contribution in [1.29, 1.82) is 0 Å². The number of nitrogens with zero attached hydrogens (tertiary/aromatic N) is 2. The summed E-state index contributed by atoms with van der Waals surface area (Å²) in [6.07, 6.45) is 1.32. The molecule has 7 heteroatoms. The zero-order chi connectivity index (χ0) is 13.7. The maximum absolute atomic E-state index is 11.6. The Morgan fingerprint density at radius 1 is 1.50 bits per heavy atom. The first-order chi connectivity index (χ1) is 8.45. The van der Waals surface area contributed by atoms with Crippen LogP contribution in [-0.2, 0) is 16.3 Å². The van der Waals surface area contributed by atoms with Gasteiger partial charge in [-0.3, -0.25) is 14.3 Å². The van der Waals surface area contributed by atoms with Gasteiger partial charge in [-0.25, -0.2) is 4.79 Å². The zero-order valence-electron chi connectivity index (χ0n) is 10.9. The van der Waals surface area contributed by atoms with E-state index >= 15 is 0 Å². The Morgan fingerprint density at radius 3 is 2.72 bits per heavy atom. The van der Waals surface area contributed by atoms with E-state index in [2.05, 4.69) is 10.1 Å². The summed E-state index contributed by atoms with van der Waals surface area (Å²) in [7, 11) is 1.46. The van der Waals surface area contributed by atoms with E-state index in [4.69, 9.17) is 9.57 Å². The van der Waals surface area contributed by atoms with Gasteiger partial charge in [-0.1, -0.05) is 5.16 Å². The van der Waals surface area contributed by atoms with Gasteiger partial charge in [0.2, 0.25) is 0 Å². The minimum absolute atomic E-state index is 0.0565. The van der Waals surface area contributed by atoms with Crippen LogP contribution in [-0.4, -0.2) is 28.5 Å². The van der Waals surface area contributed by atoms with Crippen molar-refractivity contribution in [2.75, 3.05) is 7.11 Å². The van der Waals surface area contributed by atoms with Crippen molar-refractivity contribution >= 4 is 5.71 Å². The maximum atomic E-state index is 11.6. The van der Waals surface area contributed by atoms with Gasteiger partial charge in [0.05, 0.1) is 11.3 Å². The number of aromatic amines is 1. The fourth-order valence-corrected chi connectivity index (χ4v) is 1.24. The van der Waals surface area contributed by atoms with Crippen LogP contribution in [0.15, 0.2) is 20.9 Å². The molecule has 0 aliphatic rings. The predicted octanol–water partition coefficient (Wildman–Crippen LogP) is 0.290. The van der Waals surface area contributed by atoms with Crippen LogP contribution in [0.1, 0.15) is 26.3 Å². The van der Waals surface area contributed by atoms with Crippen molar-refractivity contribution in [1.82, 2.24) is 9.55 Å². The highest BCUT2D eigenvalue weighted by Gasteiger charge is 2.08. The molecule has 0 saturated carbocycles. The smallest absolute Gasteiger partial charge is 0.330 e. The van der Waals surface area contributed by atoms with E-state index in [0.717, 1.165) is 0 Å². The lowest BCUT2D eigenvalue weighted by atomic mass is 10.2. The molecule has 100 valence electrons. The second-order valence-corrected chi connectivity index (χ2v) is 4.02. The van der Waals surface area contributed by atoms with Crippen molar-refractivity contribution in [3.05, 3.63) is 32.6 Å². The molecule has 18 heavy (non-hydrogen) atoms. The normalized spacial score (nSPS) is 11.9. The SMILES string of the molecule is COCn1cc(C(C)=NOC(C)C)c(=O)[nH]c1=O. The van der Waals surface area contributed by atoms with Crippen LogP contribution in [0, 0.1) is 0 Å². The van der Waals surface area contributed by atoms with Gasteiger partial charge in [0.1, 0.15) is 12.8 Å². The van der Waals surface area contributed by atoms with E-state index in [1.807, 2.05) is 13.8 Å². The molecule has 0 fully saturated rings. The Balaban J connectivity index is 3.16. The van der Waals surface area contributed by atoms with Crippen molar-refractivity contribution < 1.29 is 9.57 Å².